The van der Waals surface area contributed by atoms with Crippen LogP contribution in [0.25, 0.3) is 5.69 Å². The predicted octanol–water partition coefficient (Wildman–Crippen LogP) is 3.22. The number of likely N-dealkylation sites (tertiary alicyclic amines) is 1. The normalized spacial score (nSPS) is 21.3. The number of amides is 1. The minimum absolute atomic E-state index is 0.0679. The Morgan fingerprint density at radius 3 is 2.66 bits per heavy atom. The number of hydrogen-bond donors (Lipinski definition) is 0. The van der Waals surface area contributed by atoms with Gasteiger partial charge >= 0.3 is 5.97 Å². The van der Waals surface area contributed by atoms with E-state index in [1.165, 1.54) is 32.8 Å². The van der Waals surface area contributed by atoms with Gasteiger partial charge < -0.3 is 14.4 Å². The molecule has 0 N–H and O–H groups in total. The Labute approximate surface area is 170 Å². The van der Waals surface area contributed by atoms with Crippen molar-refractivity contribution < 1.29 is 19.1 Å². The van der Waals surface area contributed by atoms with Crippen LogP contribution < -0.4 is 4.74 Å². The van der Waals surface area contributed by atoms with E-state index in [-0.39, 0.29) is 18.2 Å². The molecule has 0 bridgehead atoms. The Balaban J connectivity index is 1.42. The van der Waals surface area contributed by atoms with Crippen molar-refractivity contribution in [1.82, 2.24) is 14.7 Å². The summed E-state index contributed by atoms with van der Waals surface area (Å²) in [5.41, 5.74) is 0.871. The van der Waals surface area contributed by atoms with Gasteiger partial charge in [-0.1, -0.05) is 31.0 Å². The topological polar surface area (TPSA) is 73.7 Å². The first-order valence-electron chi connectivity index (χ1n) is 10.3. The molecular formula is C22H27N3O4. The van der Waals surface area contributed by atoms with E-state index in [2.05, 4.69) is 5.10 Å². The number of para-hydroxylation sites is 1. The molecule has 1 aromatic carbocycles. The average Bonchev–Trinajstić information content (AvgIpc) is 3.22. The van der Waals surface area contributed by atoms with Gasteiger partial charge in [-0.05, 0) is 43.7 Å². The average molecular weight is 397 g/mol. The van der Waals surface area contributed by atoms with Crippen molar-refractivity contribution in [1.29, 1.82) is 0 Å². The largest absolute Gasteiger partial charge is 0.493 e. The molecule has 1 saturated heterocycles. The van der Waals surface area contributed by atoms with Crippen LogP contribution >= 0.6 is 0 Å². The van der Waals surface area contributed by atoms with Crippen LogP contribution in [0.5, 0.6) is 5.75 Å². The summed E-state index contributed by atoms with van der Waals surface area (Å²) in [6.07, 6.45) is 8.52. The van der Waals surface area contributed by atoms with Gasteiger partial charge in [0, 0.05) is 12.6 Å². The Morgan fingerprint density at radius 2 is 1.86 bits per heavy atom. The summed E-state index contributed by atoms with van der Waals surface area (Å²) in [5.74, 6) is 0.147. The zero-order valence-electron chi connectivity index (χ0n) is 16.8. The van der Waals surface area contributed by atoms with Gasteiger partial charge in [-0.3, -0.25) is 4.79 Å². The fourth-order valence-corrected chi connectivity index (χ4v) is 4.57. The summed E-state index contributed by atoms with van der Waals surface area (Å²) in [6, 6.07) is 9.73. The molecule has 154 valence electrons. The maximum Gasteiger partial charge on any atom is 0.363 e. The maximum atomic E-state index is 12.8. The molecule has 1 aliphatic carbocycles. The second-order valence-electron chi connectivity index (χ2n) is 7.74. The van der Waals surface area contributed by atoms with E-state index in [9.17, 15) is 9.59 Å². The van der Waals surface area contributed by atoms with Gasteiger partial charge in [0.1, 0.15) is 0 Å². The zero-order valence-corrected chi connectivity index (χ0v) is 16.8. The standard InChI is InChI=1S/C22H27N3O4/c1-28-19-14-25(17-10-3-2-4-11-17)23-21(19)22(27)29-15-20(26)24-13-7-9-16-8-5-6-12-18(16)24/h2-4,10-11,14,16,18H,5-9,12-13,15H2,1H3/t16-,18-/m1/s1. The van der Waals surface area contributed by atoms with Crippen molar-refractivity contribution in [2.24, 2.45) is 5.92 Å². The molecule has 2 aliphatic rings. The number of piperidine rings is 1. The molecule has 1 aliphatic heterocycles. The van der Waals surface area contributed by atoms with Crippen molar-refractivity contribution in [3.05, 3.63) is 42.2 Å². The van der Waals surface area contributed by atoms with Gasteiger partial charge in [-0.15, -0.1) is 0 Å². The molecule has 1 saturated carbocycles. The third-order valence-electron chi connectivity index (χ3n) is 6.00. The lowest BCUT2D eigenvalue weighted by Crippen LogP contribution is -2.50. The minimum Gasteiger partial charge on any atom is -0.493 e. The number of benzene rings is 1. The fraction of sp³-hybridized carbons (Fsp3) is 0.500. The highest BCUT2D eigenvalue weighted by atomic mass is 16.5. The van der Waals surface area contributed by atoms with Gasteiger partial charge in [0.15, 0.2) is 12.4 Å². The highest BCUT2D eigenvalue weighted by Crippen LogP contribution is 2.35. The molecule has 2 atom stereocenters. The molecule has 2 heterocycles. The van der Waals surface area contributed by atoms with E-state index in [4.69, 9.17) is 9.47 Å². The van der Waals surface area contributed by atoms with Crippen molar-refractivity contribution >= 4 is 11.9 Å². The number of carbonyl (C=O) groups is 2. The van der Waals surface area contributed by atoms with Gasteiger partial charge in [-0.2, -0.15) is 5.10 Å². The van der Waals surface area contributed by atoms with Crippen molar-refractivity contribution in [3.63, 3.8) is 0 Å². The molecule has 2 aromatic rings. The van der Waals surface area contributed by atoms with E-state index in [1.54, 1.807) is 10.9 Å². The molecule has 0 radical (unpaired) electrons. The summed E-state index contributed by atoms with van der Waals surface area (Å²) in [4.78, 5) is 27.3. The lowest BCUT2D eigenvalue weighted by atomic mass is 9.78. The number of fused-ring (bicyclic) bond motifs is 1. The van der Waals surface area contributed by atoms with Crippen LogP contribution in [0.15, 0.2) is 36.5 Å². The second-order valence-corrected chi connectivity index (χ2v) is 7.74. The molecular weight excluding hydrogens is 370 g/mol. The first-order chi connectivity index (χ1) is 14.2. The first-order valence-corrected chi connectivity index (χ1v) is 10.3. The summed E-state index contributed by atoms with van der Waals surface area (Å²) < 4.78 is 12.2. The Kier molecular flexibility index (Phi) is 5.83. The number of hydrogen-bond acceptors (Lipinski definition) is 5. The maximum absolute atomic E-state index is 12.8. The molecule has 4 rings (SSSR count). The number of carbonyl (C=O) groups excluding carboxylic acids is 2. The van der Waals surface area contributed by atoms with Crippen molar-refractivity contribution in [3.8, 4) is 11.4 Å². The van der Waals surface area contributed by atoms with Crippen LogP contribution in [-0.4, -0.2) is 52.9 Å². The third-order valence-corrected chi connectivity index (χ3v) is 6.00. The Morgan fingerprint density at radius 1 is 1.10 bits per heavy atom. The van der Waals surface area contributed by atoms with Crippen LogP contribution in [0.4, 0.5) is 0 Å². The quantitative estimate of drug-likeness (QED) is 0.725. The Bertz CT molecular complexity index is 862. The van der Waals surface area contributed by atoms with E-state index in [0.717, 1.165) is 25.1 Å². The van der Waals surface area contributed by atoms with Gasteiger partial charge in [0.25, 0.3) is 5.91 Å². The monoisotopic (exact) mass is 397 g/mol. The van der Waals surface area contributed by atoms with Crippen LogP contribution in [0, 0.1) is 5.92 Å². The molecule has 29 heavy (non-hydrogen) atoms. The van der Waals surface area contributed by atoms with Crippen LogP contribution in [-0.2, 0) is 9.53 Å². The summed E-state index contributed by atoms with van der Waals surface area (Å²) >= 11 is 0. The number of methoxy groups -OCH3 is 1. The number of rotatable bonds is 5. The molecule has 2 fully saturated rings. The van der Waals surface area contributed by atoms with E-state index in [1.807, 2.05) is 35.2 Å². The fourth-order valence-electron chi connectivity index (χ4n) is 4.57. The first kappa shape index (κ1) is 19.5. The molecule has 0 spiro atoms. The summed E-state index contributed by atoms with van der Waals surface area (Å²) in [5, 5.41) is 4.30. The highest BCUT2D eigenvalue weighted by molar-refractivity contribution is 5.92. The number of ether oxygens (including phenoxy) is 2. The summed E-state index contributed by atoms with van der Waals surface area (Å²) in [7, 11) is 1.48. The lowest BCUT2D eigenvalue weighted by molar-refractivity contribution is -0.140. The van der Waals surface area contributed by atoms with Crippen LogP contribution in [0.3, 0.4) is 0 Å². The lowest BCUT2D eigenvalue weighted by Gasteiger charge is -2.44. The molecule has 1 amide bonds. The highest BCUT2D eigenvalue weighted by Gasteiger charge is 2.36. The number of nitrogens with zero attached hydrogens (tertiary/aromatic N) is 3. The van der Waals surface area contributed by atoms with Crippen molar-refractivity contribution in [2.45, 2.75) is 44.6 Å². The van der Waals surface area contributed by atoms with Crippen LogP contribution in [0.2, 0.25) is 0 Å². The van der Waals surface area contributed by atoms with E-state index >= 15 is 0 Å². The minimum atomic E-state index is -0.651. The van der Waals surface area contributed by atoms with Gasteiger partial charge in [0.05, 0.1) is 19.0 Å². The third kappa shape index (κ3) is 4.13. The molecule has 7 nitrogen and oxygen atoms in total. The molecule has 7 heteroatoms. The Hall–Kier alpha value is -2.83. The zero-order chi connectivity index (χ0) is 20.2. The van der Waals surface area contributed by atoms with Crippen LogP contribution in [0.1, 0.15) is 49.0 Å². The SMILES string of the molecule is COc1cn(-c2ccccc2)nc1C(=O)OCC(=O)N1CCC[C@H]2CCCC[C@H]21. The molecule has 0 unspecified atom stereocenters. The predicted molar refractivity (Wildman–Crippen MR) is 107 cm³/mol. The molecule has 1 aromatic heterocycles. The smallest absolute Gasteiger partial charge is 0.363 e. The van der Waals surface area contributed by atoms with Crippen molar-refractivity contribution in [2.75, 3.05) is 20.3 Å². The van der Waals surface area contributed by atoms with Gasteiger partial charge in [0.2, 0.25) is 5.69 Å². The second kappa shape index (κ2) is 8.68. The van der Waals surface area contributed by atoms with E-state index < -0.39 is 5.97 Å². The summed E-state index contributed by atoms with van der Waals surface area (Å²) in [6.45, 7) is 0.493. The number of esters is 1. The number of aromatic nitrogens is 2. The van der Waals surface area contributed by atoms with E-state index in [0.29, 0.717) is 17.7 Å². The van der Waals surface area contributed by atoms with Gasteiger partial charge in [-0.25, -0.2) is 9.48 Å².